The van der Waals surface area contributed by atoms with E-state index in [1.807, 2.05) is 12.1 Å². The number of benzene rings is 1. The Kier molecular flexibility index (Phi) is 5.83. The molecule has 9 heteroatoms. The first-order chi connectivity index (χ1) is 16.5. The van der Waals surface area contributed by atoms with Gasteiger partial charge in [0, 0.05) is 46.0 Å². The fourth-order valence-corrected chi connectivity index (χ4v) is 5.93. The lowest BCUT2D eigenvalue weighted by molar-refractivity contribution is -0.116. The minimum Gasteiger partial charge on any atom is -0.494 e. The van der Waals surface area contributed by atoms with Crippen LogP contribution >= 0.6 is 0 Å². The first kappa shape index (κ1) is 24.1. The van der Waals surface area contributed by atoms with Gasteiger partial charge in [-0.3, -0.25) is 4.79 Å². The van der Waals surface area contributed by atoms with Crippen LogP contribution in [0.4, 0.5) is 5.69 Å². The zero-order valence-electron chi connectivity index (χ0n) is 22.0. The minimum atomic E-state index is -1.14. The summed E-state index contributed by atoms with van der Waals surface area (Å²) in [6.07, 6.45) is 3.35. The second-order valence-electron chi connectivity index (χ2n) is 11.8. The number of anilines is 1. The van der Waals surface area contributed by atoms with Crippen molar-refractivity contribution in [3.05, 3.63) is 23.4 Å². The Morgan fingerprint density at radius 3 is 2.80 bits per heavy atom. The Hall–Kier alpha value is -2.65. The summed E-state index contributed by atoms with van der Waals surface area (Å²) in [6, 6.07) is 4.95. The van der Waals surface area contributed by atoms with Crippen molar-refractivity contribution in [1.82, 2.24) is 19.7 Å². The van der Waals surface area contributed by atoms with Crippen molar-refractivity contribution in [3.63, 3.8) is 0 Å². The molecule has 1 N–H and O–H groups in total. The van der Waals surface area contributed by atoms with Crippen molar-refractivity contribution in [2.75, 3.05) is 25.7 Å². The van der Waals surface area contributed by atoms with Crippen molar-refractivity contribution >= 4 is 30.7 Å². The molecule has 2 aromatic heterocycles. The summed E-state index contributed by atoms with van der Waals surface area (Å²) in [5, 5.41) is 5.02. The van der Waals surface area contributed by atoms with Crippen LogP contribution in [0.3, 0.4) is 0 Å². The van der Waals surface area contributed by atoms with Crippen LogP contribution in [0.2, 0.25) is 25.7 Å². The number of ether oxygens (including phenoxy) is 2. The number of hydrogen-bond donors (Lipinski definition) is 1. The number of rotatable bonds is 8. The first-order valence-electron chi connectivity index (χ1n) is 12.5. The van der Waals surface area contributed by atoms with E-state index < -0.39 is 8.07 Å². The Morgan fingerprint density at radius 2 is 2.11 bits per heavy atom. The maximum Gasteiger partial charge on any atom is 0.223 e. The maximum atomic E-state index is 12.0. The van der Waals surface area contributed by atoms with E-state index in [-0.39, 0.29) is 5.91 Å². The fourth-order valence-electron chi connectivity index (χ4n) is 5.17. The summed E-state index contributed by atoms with van der Waals surface area (Å²) in [4.78, 5) is 21.9. The molecular weight excluding hydrogens is 458 g/mol. The van der Waals surface area contributed by atoms with Gasteiger partial charge in [-0.1, -0.05) is 26.6 Å². The molecule has 2 aliphatic carbocycles. The molecule has 1 amide bonds. The number of methoxy groups -OCH3 is 1. The zero-order chi connectivity index (χ0) is 25.1. The van der Waals surface area contributed by atoms with Crippen LogP contribution in [0.1, 0.15) is 31.5 Å². The molecule has 0 radical (unpaired) electrons. The molecule has 0 unspecified atom stereocenters. The quantitative estimate of drug-likeness (QED) is 0.356. The number of hydrogen-bond acceptors (Lipinski definition) is 5. The summed E-state index contributed by atoms with van der Waals surface area (Å²) in [5.74, 6) is 2.04. The summed E-state index contributed by atoms with van der Waals surface area (Å²) in [7, 11) is 2.22. The molecule has 3 aromatic rings. The third kappa shape index (κ3) is 4.51. The van der Waals surface area contributed by atoms with E-state index in [0.717, 1.165) is 54.0 Å². The summed E-state index contributed by atoms with van der Waals surface area (Å²) < 4.78 is 13.7. The molecule has 2 aliphatic rings. The van der Waals surface area contributed by atoms with Gasteiger partial charge in [-0.2, -0.15) is 5.10 Å². The molecule has 1 aromatic carbocycles. The Labute approximate surface area is 208 Å². The number of amides is 1. The lowest BCUT2D eigenvalue weighted by Crippen LogP contribution is -2.23. The smallest absolute Gasteiger partial charge is 0.223 e. The van der Waals surface area contributed by atoms with Crippen molar-refractivity contribution < 1.29 is 14.3 Å². The van der Waals surface area contributed by atoms with Gasteiger partial charge in [-0.05, 0) is 42.7 Å². The number of carbonyl (C=O) groups is 1. The molecule has 5 rings (SSSR count). The van der Waals surface area contributed by atoms with E-state index in [4.69, 9.17) is 19.6 Å². The Morgan fingerprint density at radius 1 is 1.34 bits per heavy atom. The Balaban J connectivity index is 1.50. The van der Waals surface area contributed by atoms with Gasteiger partial charge in [0.05, 0.1) is 23.8 Å². The molecule has 2 heterocycles. The molecule has 0 bridgehead atoms. The predicted octanol–water partition coefficient (Wildman–Crippen LogP) is 4.85. The summed E-state index contributed by atoms with van der Waals surface area (Å²) in [5.41, 5.74) is 6.24. The number of nitrogens with one attached hydrogen (secondary N) is 1. The van der Waals surface area contributed by atoms with Crippen LogP contribution < -0.4 is 9.64 Å². The van der Waals surface area contributed by atoms with Crippen LogP contribution in [-0.4, -0.2) is 54.5 Å². The number of imidazole rings is 1. The molecule has 35 heavy (non-hydrogen) atoms. The normalized spacial score (nSPS) is 21.1. The maximum absolute atomic E-state index is 12.0. The predicted molar refractivity (Wildman–Crippen MR) is 141 cm³/mol. The van der Waals surface area contributed by atoms with Gasteiger partial charge >= 0.3 is 0 Å². The van der Waals surface area contributed by atoms with Gasteiger partial charge in [-0.15, -0.1) is 0 Å². The highest BCUT2D eigenvalue weighted by atomic mass is 28.3. The third-order valence-electron chi connectivity index (χ3n) is 7.78. The van der Waals surface area contributed by atoms with Gasteiger partial charge in [0.2, 0.25) is 5.91 Å². The number of carbonyl (C=O) groups excluding carboxylic acids is 1. The highest BCUT2D eigenvalue weighted by molar-refractivity contribution is 6.76. The molecule has 2 atom stereocenters. The standard InChI is InChI=1S/C26H37N5O3Si/c1-16(32)30(3)21-11-19-20(12-23(21)33-4)28-25(27-19)24-18-10-17-13-26(17,2)14-22(18)31(29-24)15-34-8-9-35(5,6)7/h11-12,17H,8-10,13-15H2,1-7H3,(H,27,28)/t17-,26-/m1/s1. The van der Waals surface area contributed by atoms with Crippen molar-refractivity contribution in [3.8, 4) is 17.3 Å². The van der Waals surface area contributed by atoms with E-state index in [0.29, 0.717) is 23.6 Å². The molecular formula is C26H37N5O3Si. The zero-order valence-corrected chi connectivity index (χ0v) is 23.0. The number of aromatic nitrogens is 4. The Bertz CT molecular complexity index is 1290. The molecule has 8 nitrogen and oxygen atoms in total. The first-order valence-corrected chi connectivity index (χ1v) is 16.2. The molecule has 188 valence electrons. The summed E-state index contributed by atoms with van der Waals surface area (Å²) in [6.45, 7) is 12.3. The molecule has 0 spiro atoms. The molecule has 0 aliphatic heterocycles. The average molecular weight is 496 g/mol. The van der Waals surface area contributed by atoms with Crippen LogP contribution in [0.5, 0.6) is 5.75 Å². The number of nitrogens with zero attached hydrogens (tertiary/aromatic N) is 4. The van der Waals surface area contributed by atoms with E-state index >= 15 is 0 Å². The summed E-state index contributed by atoms with van der Waals surface area (Å²) >= 11 is 0. The van der Waals surface area contributed by atoms with Crippen LogP contribution in [0, 0.1) is 11.3 Å². The second-order valence-corrected chi connectivity index (χ2v) is 17.4. The fraction of sp³-hybridized carbons (Fsp3) is 0.577. The molecule has 1 saturated carbocycles. The van der Waals surface area contributed by atoms with E-state index in [1.165, 1.54) is 24.6 Å². The highest BCUT2D eigenvalue weighted by Crippen LogP contribution is 2.60. The topological polar surface area (TPSA) is 85.3 Å². The van der Waals surface area contributed by atoms with Gasteiger partial charge in [0.25, 0.3) is 0 Å². The van der Waals surface area contributed by atoms with Crippen LogP contribution in [-0.2, 0) is 29.1 Å². The van der Waals surface area contributed by atoms with E-state index in [9.17, 15) is 4.79 Å². The van der Waals surface area contributed by atoms with Crippen LogP contribution in [0.15, 0.2) is 12.1 Å². The van der Waals surface area contributed by atoms with Crippen LogP contribution in [0.25, 0.3) is 22.6 Å². The number of fused-ring (bicyclic) bond motifs is 3. The van der Waals surface area contributed by atoms with Crippen molar-refractivity contribution in [1.29, 1.82) is 0 Å². The van der Waals surface area contributed by atoms with E-state index in [2.05, 4.69) is 36.2 Å². The van der Waals surface area contributed by atoms with Gasteiger partial charge in [0.15, 0.2) is 5.82 Å². The largest absolute Gasteiger partial charge is 0.494 e. The van der Waals surface area contributed by atoms with E-state index in [1.54, 1.807) is 19.1 Å². The van der Waals surface area contributed by atoms with Gasteiger partial charge in [0.1, 0.15) is 18.2 Å². The lowest BCUT2D eigenvalue weighted by atomic mass is 9.87. The molecule has 0 saturated heterocycles. The monoisotopic (exact) mass is 495 g/mol. The van der Waals surface area contributed by atoms with Crippen molar-refractivity contribution in [2.24, 2.45) is 11.3 Å². The lowest BCUT2D eigenvalue weighted by Gasteiger charge is -2.20. The highest BCUT2D eigenvalue weighted by Gasteiger charge is 2.54. The minimum absolute atomic E-state index is 0.0622. The average Bonchev–Trinajstić information content (AvgIpc) is 3.10. The SMILES string of the molecule is COc1cc2[nH]c(-c3nn(COCC[Si](C)(C)C)c4c3C[C@@H]3C[C@]3(C)C4)nc2cc1N(C)C(C)=O. The molecule has 1 fully saturated rings. The van der Waals surface area contributed by atoms with Gasteiger partial charge < -0.3 is 19.4 Å². The van der Waals surface area contributed by atoms with Crippen molar-refractivity contribution in [2.45, 2.75) is 65.5 Å². The number of aromatic amines is 1. The number of H-pyrrole nitrogens is 1. The third-order valence-corrected chi connectivity index (χ3v) is 9.48. The second kappa shape index (κ2) is 8.48. The van der Waals surface area contributed by atoms with Gasteiger partial charge in [-0.25, -0.2) is 9.67 Å².